The SMILES string of the molecule is COC(=O)C1CCN(CC(=O)N[C@@H](COCc2ccccc2)C(=O)Nc2ccc(Oc3ccc(F)cc3)cc2)CC1. The van der Waals surface area contributed by atoms with E-state index in [0.29, 0.717) is 43.1 Å². The van der Waals surface area contributed by atoms with Crippen molar-refractivity contribution in [3.05, 3.63) is 90.2 Å². The van der Waals surface area contributed by atoms with E-state index in [1.54, 1.807) is 24.3 Å². The molecule has 10 heteroatoms. The average Bonchev–Trinajstić information content (AvgIpc) is 2.99. The first-order chi connectivity index (χ1) is 19.9. The van der Waals surface area contributed by atoms with Crippen molar-refractivity contribution in [2.75, 3.05) is 38.7 Å². The van der Waals surface area contributed by atoms with E-state index in [-0.39, 0.29) is 43.4 Å². The van der Waals surface area contributed by atoms with Gasteiger partial charge in [-0.2, -0.15) is 0 Å². The number of amides is 2. The molecule has 2 amide bonds. The van der Waals surface area contributed by atoms with Crippen LogP contribution < -0.4 is 15.4 Å². The van der Waals surface area contributed by atoms with Crippen molar-refractivity contribution in [1.29, 1.82) is 0 Å². The lowest BCUT2D eigenvalue weighted by atomic mass is 9.97. The summed E-state index contributed by atoms with van der Waals surface area (Å²) in [5, 5.41) is 5.62. The minimum absolute atomic E-state index is 0.0252. The Balaban J connectivity index is 1.33. The molecule has 3 aromatic carbocycles. The van der Waals surface area contributed by atoms with Crippen LogP contribution in [-0.2, 0) is 30.5 Å². The predicted molar refractivity (Wildman–Crippen MR) is 151 cm³/mol. The Morgan fingerprint density at radius 2 is 1.56 bits per heavy atom. The summed E-state index contributed by atoms with van der Waals surface area (Å²) in [7, 11) is 1.38. The van der Waals surface area contributed by atoms with Crippen molar-refractivity contribution in [2.24, 2.45) is 5.92 Å². The molecule has 0 radical (unpaired) electrons. The molecule has 41 heavy (non-hydrogen) atoms. The number of benzene rings is 3. The number of hydrogen-bond donors (Lipinski definition) is 2. The number of anilines is 1. The number of hydrogen-bond acceptors (Lipinski definition) is 7. The smallest absolute Gasteiger partial charge is 0.308 e. The standard InChI is InChI=1S/C31H34FN3O6/c1-39-31(38)23-15-17-35(18-16-23)19-29(36)34-28(21-40-20-22-5-3-2-4-6-22)30(37)33-25-9-13-27(14-10-25)41-26-11-7-24(32)8-12-26/h2-14,23,28H,15-21H2,1H3,(H,33,37)(H,34,36)/t28-/m0/s1. The van der Waals surface area contributed by atoms with E-state index in [2.05, 4.69) is 10.6 Å². The molecule has 0 unspecified atom stereocenters. The van der Waals surface area contributed by atoms with Crippen molar-refractivity contribution in [3.8, 4) is 11.5 Å². The zero-order valence-electron chi connectivity index (χ0n) is 22.9. The lowest BCUT2D eigenvalue weighted by Gasteiger charge is -2.30. The van der Waals surface area contributed by atoms with Gasteiger partial charge < -0.3 is 24.8 Å². The maximum Gasteiger partial charge on any atom is 0.308 e. The summed E-state index contributed by atoms with van der Waals surface area (Å²) in [6.45, 7) is 1.53. The highest BCUT2D eigenvalue weighted by Crippen LogP contribution is 2.23. The van der Waals surface area contributed by atoms with Crippen molar-refractivity contribution in [1.82, 2.24) is 10.2 Å². The van der Waals surface area contributed by atoms with Gasteiger partial charge in [0, 0.05) is 5.69 Å². The Morgan fingerprint density at radius 3 is 2.20 bits per heavy atom. The highest BCUT2D eigenvalue weighted by atomic mass is 19.1. The van der Waals surface area contributed by atoms with Crippen LogP contribution in [0.2, 0.25) is 0 Å². The van der Waals surface area contributed by atoms with Crippen molar-refractivity contribution in [3.63, 3.8) is 0 Å². The molecule has 1 saturated heterocycles. The fourth-order valence-corrected chi connectivity index (χ4v) is 4.46. The zero-order chi connectivity index (χ0) is 29.0. The minimum Gasteiger partial charge on any atom is -0.469 e. The number of carbonyl (C=O) groups excluding carboxylic acids is 3. The van der Waals surface area contributed by atoms with Crippen LogP contribution in [0.5, 0.6) is 11.5 Å². The van der Waals surface area contributed by atoms with E-state index in [1.807, 2.05) is 35.2 Å². The van der Waals surface area contributed by atoms with Crippen LogP contribution in [0, 0.1) is 11.7 Å². The maximum atomic E-state index is 13.2. The maximum absolute atomic E-state index is 13.2. The lowest BCUT2D eigenvalue weighted by Crippen LogP contribution is -2.50. The second-order valence-corrected chi connectivity index (χ2v) is 9.76. The van der Waals surface area contributed by atoms with Gasteiger partial charge in [0.05, 0.1) is 32.8 Å². The first-order valence-electron chi connectivity index (χ1n) is 13.4. The van der Waals surface area contributed by atoms with Gasteiger partial charge in [-0.15, -0.1) is 0 Å². The van der Waals surface area contributed by atoms with Crippen LogP contribution in [0.4, 0.5) is 10.1 Å². The third kappa shape index (κ3) is 9.40. The first-order valence-corrected chi connectivity index (χ1v) is 13.4. The van der Waals surface area contributed by atoms with E-state index < -0.39 is 11.9 Å². The molecule has 3 aromatic rings. The van der Waals surface area contributed by atoms with Crippen LogP contribution in [0.3, 0.4) is 0 Å². The second-order valence-electron chi connectivity index (χ2n) is 9.76. The number of carbonyl (C=O) groups is 3. The van der Waals surface area contributed by atoms with Gasteiger partial charge in [0.1, 0.15) is 23.4 Å². The van der Waals surface area contributed by atoms with Gasteiger partial charge in [0.25, 0.3) is 0 Å². The van der Waals surface area contributed by atoms with E-state index in [0.717, 1.165) is 5.56 Å². The lowest BCUT2D eigenvalue weighted by molar-refractivity contribution is -0.147. The van der Waals surface area contributed by atoms with E-state index in [1.165, 1.54) is 31.4 Å². The molecule has 4 rings (SSSR count). The summed E-state index contributed by atoms with van der Waals surface area (Å²) in [4.78, 5) is 39.8. The quantitative estimate of drug-likeness (QED) is 0.319. The van der Waals surface area contributed by atoms with Gasteiger partial charge >= 0.3 is 5.97 Å². The van der Waals surface area contributed by atoms with E-state index in [4.69, 9.17) is 14.2 Å². The van der Waals surface area contributed by atoms with Crippen molar-refractivity contribution >= 4 is 23.5 Å². The van der Waals surface area contributed by atoms with Crippen LogP contribution in [-0.4, -0.2) is 62.1 Å². The molecular formula is C31H34FN3O6. The van der Waals surface area contributed by atoms with Crippen LogP contribution >= 0.6 is 0 Å². The number of rotatable bonds is 12. The third-order valence-electron chi connectivity index (χ3n) is 6.71. The van der Waals surface area contributed by atoms with Crippen LogP contribution in [0.1, 0.15) is 18.4 Å². The minimum atomic E-state index is -0.936. The summed E-state index contributed by atoms with van der Waals surface area (Å²) in [5.74, 6) is -0.477. The Kier molecular flexibility index (Phi) is 10.8. The number of methoxy groups -OCH3 is 1. The molecule has 1 aliphatic rings. The topological polar surface area (TPSA) is 106 Å². The first kappa shape index (κ1) is 29.7. The molecule has 1 fully saturated rings. The zero-order valence-corrected chi connectivity index (χ0v) is 22.9. The van der Waals surface area contributed by atoms with Gasteiger partial charge in [-0.3, -0.25) is 19.3 Å². The number of esters is 1. The number of ether oxygens (including phenoxy) is 3. The Hall–Kier alpha value is -4.28. The molecule has 2 N–H and O–H groups in total. The molecule has 0 aliphatic carbocycles. The third-order valence-corrected chi connectivity index (χ3v) is 6.71. The normalized spacial score (nSPS) is 14.6. The summed E-state index contributed by atoms with van der Waals surface area (Å²) in [6, 6.07) is 21.0. The van der Waals surface area contributed by atoms with Crippen LogP contribution in [0.25, 0.3) is 0 Å². The molecule has 0 bridgehead atoms. The van der Waals surface area contributed by atoms with Gasteiger partial charge in [-0.25, -0.2) is 4.39 Å². The van der Waals surface area contributed by atoms with Crippen molar-refractivity contribution in [2.45, 2.75) is 25.5 Å². The molecule has 1 aliphatic heterocycles. The van der Waals surface area contributed by atoms with Gasteiger partial charge in [-0.1, -0.05) is 30.3 Å². The summed E-state index contributed by atoms with van der Waals surface area (Å²) in [5.41, 5.74) is 1.46. The molecule has 0 saturated carbocycles. The molecular weight excluding hydrogens is 529 g/mol. The second kappa shape index (κ2) is 14.9. The van der Waals surface area contributed by atoms with Gasteiger partial charge in [0.15, 0.2) is 0 Å². The fraction of sp³-hybridized carbons (Fsp3) is 0.323. The highest BCUT2D eigenvalue weighted by molar-refractivity contribution is 5.97. The number of likely N-dealkylation sites (tertiary alicyclic amines) is 1. The Morgan fingerprint density at radius 1 is 0.927 bits per heavy atom. The highest BCUT2D eigenvalue weighted by Gasteiger charge is 2.28. The fourth-order valence-electron chi connectivity index (χ4n) is 4.46. The van der Waals surface area contributed by atoms with Gasteiger partial charge in [0.2, 0.25) is 11.8 Å². The van der Waals surface area contributed by atoms with Gasteiger partial charge in [-0.05, 0) is 80.0 Å². The Labute approximate surface area is 238 Å². The van der Waals surface area contributed by atoms with Crippen LogP contribution in [0.15, 0.2) is 78.9 Å². The molecule has 1 heterocycles. The number of nitrogens with one attached hydrogen (secondary N) is 2. The average molecular weight is 564 g/mol. The Bertz CT molecular complexity index is 1280. The largest absolute Gasteiger partial charge is 0.469 e. The summed E-state index contributed by atoms with van der Waals surface area (Å²) >= 11 is 0. The summed E-state index contributed by atoms with van der Waals surface area (Å²) in [6.07, 6.45) is 1.23. The molecule has 1 atom stereocenters. The number of nitrogens with zero attached hydrogens (tertiary/aromatic N) is 1. The predicted octanol–water partition coefficient (Wildman–Crippen LogP) is 4.14. The van der Waals surface area contributed by atoms with Crippen molar-refractivity contribution < 1.29 is 33.0 Å². The molecule has 9 nitrogen and oxygen atoms in total. The van der Waals surface area contributed by atoms with E-state index in [9.17, 15) is 18.8 Å². The molecule has 216 valence electrons. The summed E-state index contributed by atoms with van der Waals surface area (Å²) < 4.78 is 29.4. The van der Waals surface area contributed by atoms with E-state index >= 15 is 0 Å². The monoisotopic (exact) mass is 563 g/mol. The molecule has 0 aromatic heterocycles. The number of halogens is 1. The number of piperidine rings is 1. The molecule has 0 spiro atoms.